The molecule has 0 radical (unpaired) electrons. The molecule has 1 heterocycles. The molecule has 110 valence electrons. The molecule has 2 rings (SSSR count). The largest absolute Gasteiger partial charge is 0.398 e. The smallest absolute Gasteiger partial charge is 0.251 e. The van der Waals surface area contributed by atoms with Crippen molar-refractivity contribution in [2.45, 2.75) is 18.9 Å². The minimum Gasteiger partial charge on any atom is -0.398 e. The molecule has 1 atom stereocenters. The highest BCUT2D eigenvalue weighted by molar-refractivity contribution is 9.10. The van der Waals surface area contributed by atoms with Gasteiger partial charge in [0, 0.05) is 42.4 Å². The van der Waals surface area contributed by atoms with Crippen LogP contribution >= 0.6 is 15.9 Å². The summed E-state index contributed by atoms with van der Waals surface area (Å²) < 4.78 is 11.6. The summed E-state index contributed by atoms with van der Waals surface area (Å²) in [6.45, 7) is 3.42. The summed E-state index contributed by atoms with van der Waals surface area (Å²) >= 11 is 3.35. The fraction of sp³-hybridized carbons (Fsp3) is 0.500. The maximum Gasteiger partial charge on any atom is 0.251 e. The first-order valence-electron chi connectivity index (χ1n) is 6.44. The summed E-state index contributed by atoms with van der Waals surface area (Å²) in [4.78, 5) is 12.3. The van der Waals surface area contributed by atoms with E-state index in [2.05, 4.69) is 21.2 Å². The standard InChI is InChI=1S/C14H19BrN2O3/c1-9-11(5-10(15)6-12(9)16)13(18)17-7-14(19-2)3-4-20-8-14/h5-6H,3-4,7-8,16H2,1-2H3,(H,17,18). The molecule has 1 amide bonds. The van der Waals surface area contributed by atoms with Crippen molar-refractivity contribution in [3.05, 3.63) is 27.7 Å². The molecular formula is C14H19BrN2O3. The molecule has 0 spiro atoms. The van der Waals surface area contributed by atoms with E-state index in [0.717, 1.165) is 16.5 Å². The van der Waals surface area contributed by atoms with Crippen LogP contribution in [0, 0.1) is 6.92 Å². The Bertz CT molecular complexity index is 513. The SMILES string of the molecule is COC1(CNC(=O)c2cc(Br)cc(N)c2C)CCOC1. The van der Waals surface area contributed by atoms with E-state index >= 15 is 0 Å². The van der Waals surface area contributed by atoms with Gasteiger partial charge in [-0.2, -0.15) is 0 Å². The third-order valence-corrected chi connectivity index (χ3v) is 4.19. The number of halogens is 1. The van der Waals surface area contributed by atoms with Crippen molar-refractivity contribution in [1.82, 2.24) is 5.32 Å². The Balaban J connectivity index is 2.09. The lowest BCUT2D eigenvalue weighted by molar-refractivity contribution is -0.0148. The fourth-order valence-electron chi connectivity index (χ4n) is 2.23. The molecule has 1 aromatic rings. The number of methoxy groups -OCH3 is 1. The maximum absolute atomic E-state index is 12.3. The molecule has 1 aliphatic heterocycles. The second-order valence-corrected chi connectivity index (χ2v) is 5.96. The van der Waals surface area contributed by atoms with Crippen LogP contribution in [-0.2, 0) is 9.47 Å². The lowest BCUT2D eigenvalue weighted by Crippen LogP contribution is -2.45. The van der Waals surface area contributed by atoms with E-state index in [1.54, 1.807) is 19.2 Å². The lowest BCUT2D eigenvalue weighted by Gasteiger charge is -2.26. The summed E-state index contributed by atoms with van der Waals surface area (Å²) in [5.41, 5.74) is 7.40. The Morgan fingerprint density at radius 1 is 1.60 bits per heavy atom. The Morgan fingerprint density at radius 2 is 2.35 bits per heavy atom. The van der Waals surface area contributed by atoms with Crippen LogP contribution in [0.1, 0.15) is 22.3 Å². The fourth-order valence-corrected chi connectivity index (χ4v) is 2.71. The first-order chi connectivity index (χ1) is 9.47. The van der Waals surface area contributed by atoms with Gasteiger partial charge in [0.2, 0.25) is 0 Å². The molecule has 5 nitrogen and oxygen atoms in total. The molecule has 1 aromatic carbocycles. The van der Waals surface area contributed by atoms with Crippen LogP contribution in [0.2, 0.25) is 0 Å². The summed E-state index contributed by atoms with van der Waals surface area (Å²) in [5, 5.41) is 2.91. The monoisotopic (exact) mass is 342 g/mol. The van der Waals surface area contributed by atoms with Gasteiger partial charge in [-0.05, 0) is 24.6 Å². The van der Waals surface area contributed by atoms with Crippen molar-refractivity contribution in [2.75, 3.05) is 32.6 Å². The van der Waals surface area contributed by atoms with Crippen LogP contribution < -0.4 is 11.1 Å². The third-order valence-electron chi connectivity index (χ3n) is 3.73. The summed E-state index contributed by atoms with van der Waals surface area (Å²) in [6, 6.07) is 3.55. The van der Waals surface area contributed by atoms with Crippen LogP contribution in [0.3, 0.4) is 0 Å². The zero-order valence-electron chi connectivity index (χ0n) is 11.7. The van der Waals surface area contributed by atoms with Crippen LogP contribution in [0.4, 0.5) is 5.69 Å². The average molecular weight is 343 g/mol. The van der Waals surface area contributed by atoms with Crippen molar-refractivity contribution >= 4 is 27.5 Å². The van der Waals surface area contributed by atoms with Crippen LogP contribution in [0.5, 0.6) is 0 Å². The van der Waals surface area contributed by atoms with E-state index in [1.165, 1.54) is 0 Å². The lowest BCUT2D eigenvalue weighted by atomic mass is 10.0. The van der Waals surface area contributed by atoms with Crippen molar-refractivity contribution in [3.63, 3.8) is 0 Å². The van der Waals surface area contributed by atoms with Gasteiger partial charge in [0.25, 0.3) is 5.91 Å². The summed E-state index contributed by atoms with van der Waals surface area (Å²) in [5.74, 6) is -0.154. The molecule has 0 aliphatic carbocycles. The van der Waals surface area contributed by atoms with Gasteiger partial charge in [-0.25, -0.2) is 0 Å². The molecular weight excluding hydrogens is 324 g/mol. The number of rotatable bonds is 4. The van der Waals surface area contributed by atoms with Crippen LogP contribution in [-0.4, -0.2) is 38.4 Å². The number of hydrogen-bond donors (Lipinski definition) is 2. The van der Waals surface area contributed by atoms with Crippen LogP contribution in [0.15, 0.2) is 16.6 Å². The number of nitrogens with one attached hydrogen (secondary N) is 1. The van der Waals surface area contributed by atoms with Crippen molar-refractivity contribution in [3.8, 4) is 0 Å². The number of amides is 1. The molecule has 1 saturated heterocycles. The molecule has 1 unspecified atom stereocenters. The van der Waals surface area contributed by atoms with Gasteiger partial charge in [-0.15, -0.1) is 0 Å². The number of anilines is 1. The van der Waals surface area contributed by atoms with Gasteiger partial charge in [-0.1, -0.05) is 15.9 Å². The third kappa shape index (κ3) is 3.13. The van der Waals surface area contributed by atoms with Gasteiger partial charge in [0.1, 0.15) is 5.60 Å². The summed E-state index contributed by atoms with van der Waals surface area (Å²) in [6.07, 6.45) is 0.781. The highest BCUT2D eigenvalue weighted by Crippen LogP contribution is 2.24. The summed E-state index contributed by atoms with van der Waals surface area (Å²) in [7, 11) is 1.64. The van der Waals surface area contributed by atoms with E-state index < -0.39 is 5.60 Å². The van der Waals surface area contributed by atoms with Gasteiger partial charge in [0.15, 0.2) is 0 Å². The number of ether oxygens (including phenoxy) is 2. The number of nitrogens with two attached hydrogens (primary N) is 1. The van der Waals surface area contributed by atoms with Crippen LogP contribution in [0.25, 0.3) is 0 Å². The Hall–Kier alpha value is -1.11. The van der Waals surface area contributed by atoms with E-state index in [0.29, 0.717) is 31.0 Å². The number of nitrogen functional groups attached to an aromatic ring is 1. The molecule has 1 fully saturated rings. The molecule has 0 aromatic heterocycles. The predicted octanol–water partition coefficient (Wildman–Crippen LogP) is 1.88. The quantitative estimate of drug-likeness (QED) is 0.819. The van der Waals surface area contributed by atoms with Gasteiger partial charge >= 0.3 is 0 Å². The normalized spacial score (nSPS) is 21.9. The van der Waals surface area contributed by atoms with E-state index in [1.807, 2.05) is 6.92 Å². The number of carbonyl (C=O) groups excluding carboxylic acids is 1. The minimum absolute atomic E-state index is 0.154. The maximum atomic E-state index is 12.3. The van der Waals surface area contributed by atoms with Crippen molar-refractivity contribution in [2.24, 2.45) is 0 Å². The predicted molar refractivity (Wildman–Crippen MR) is 80.8 cm³/mol. The van der Waals surface area contributed by atoms with Crippen molar-refractivity contribution < 1.29 is 14.3 Å². The van der Waals surface area contributed by atoms with Gasteiger partial charge in [0.05, 0.1) is 6.61 Å². The van der Waals surface area contributed by atoms with Gasteiger partial charge < -0.3 is 20.5 Å². The number of carbonyl (C=O) groups is 1. The zero-order chi connectivity index (χ0) is 14.8. The second kappa shape index (κ2) is 6.11. The van der Waals surface area contributed by atoms with Crippen molar-refractivity contribution in [1.29, 1.82) is 0 Å². The first-order valence-corrected chi connectivity index (χ1v) is 7.23. The average Bonchev–Trinajstić information content (AvgIpc) is 2.89. The molecule has 0 saturated carbocycles. The second-order valence-electron chi connectivity index (χ2n) is 5.04. The minimum atomic E-state index is -0.416. The Morgan fingerprint density at radius 3 is 2.95 bits per heavy atom. The van der Waals surface area contributed by atoms with Gasteiger partial charge in [-0.3, -0.25) is 4.79 Å². The van der Waals surface area contributed by atoms with E-state index in [-0.39, 0.29) is 5.91 Å². The molecule has 20 heavy (non-hydrogen) atoms. The molecule has 0 bridgehead atoms. The topological polar surface area (TPSA) is 73.6 Å². The number of benzene rings is 1. The first kappa shape index (κ1) is 15.3. The highest BCUT2D eigenvalue weighted by atomic mass is 79.9. The Labute approximate surface area is 126 Å². The molecule has 1 aliphatic rings. The highest BCUT2D eigenvalue weighted by Gasteiger charge is 2.35. The Kier molecular flexibility index (Phi) is 4.67. The number of hydrogen-bond acceptors (Lipinski definition) is 4. The molecule has 3 N–H and O–H groups in total. The van der Waals surface area contributed by atoms with E-state index in [9.17, 15) is 4.79 Å². The zero-order valence-corrected chi connectivity index (χ0v) is 13.2. The molecule has 6 heteroatoms. The van der Waals surface area contributed by atoms with E-state index in [4.69, 9.17) is 15.2 Å².